The maximum atomic E-state index is 11.8. The molecule has 6 nitrogen and oxygen atoms in total. The molecule has 2 fully saturated rings. The summed E-state index contributed by atoms with van der Waals surface area (Å²) in [6, 6.07) is -0.123. The molecule has 0 radical (unpaired) electrons. The molecule has 21 heavy (non-hydrogen) atoms. The summed E-state index contributed by atoms with van der Waals surface area (Å²) >= 11 is 0. The van der Waals surface area contributed by atoms with Crippen LogP contribution in [-0.4, -0.2) is 49.1 Å². The van der Waals surface area contributed by atoms with Crippen molar-refractivity contribution in [1.82, 2.24) is 15.5 Å². The van der Waals surface area contributed by atoms with E-state index in [9.17, 15) is 9.59 Å². The van der Waals surface area contributed by atoms with Crippen LogP contribution in [0.15, 0.2) is 0 Å². The van der Waals surface area contributed by atoms with E-state index in [1.807, 2.05) is 13.8 Å². The van der Waals surface area contributed by atoms with Crippen molar-refractivity contribution in [3.63, 3.8) is 0 Å². The van der Waals surface area contributed by atoms with Gasteiger partial charge < -0.3 is 11.1 Å². The van der Waals surface area contributed by atoms with E-state index in [1.54, 1.807) is 0 Å². The van der Waals surface area contributed by atoms with Gasteiger partial charge in [0.1, 0.15) is 0 Å². The van der Waals surface area contributed by atoms with Gasteiger partial charge in [-0.05, 0) is 30.6 Å². The molecule has 0 aromatic rings. The van der Waals surface area contributed by atoms with Gasteiger partial charge in [-0.3, -0.25) is 15.0 Å². The van der Waals surface area contributed by atoms with Crippen molar-refractivity contribution < 1.29 is 9.59 Å². The number of hydrogen-bond acceptors (Lipinski definition) is 4. The Morgan fingerprint density at radius 2 is 2.00 bits per heavy atom. The number of imide groups is 1. The number of hydrogen-bond donors (Lipinski definition) is 3. The highest BCUT2D eigenvalue weighted by Gasteiger charge is 2.41. The lowest BCUT2D eigenvalue weighted by molar-refractivity contribution is -0.121. The molecule has 122 valence electrons. The summed E-state index contributed by atoms with van der Waals surface area (Å²) in [6.45, 7) is 6.69. The van der Waals surface area contributed by atoms with E-state index >= 15 is 0 Å². The van der Waals surface area contributed by atoms with Crippen LogP contribution in [0.5, 0.6) is 0 Å². The molecule has 0 aromatic carbocycles. The maximum absolute atomic E-state index is 11.8. The smallest absolute Gasteiger partial charge is 0.321 e. The number of carbonyl (C=O) groups excluding carboxylic acids is 2. The van der Waals surface area contributed by atoms with E-state index in [2.05, 4.69) is 15.5 Å². The Morgan fingerprint density at radius 3 is 2.62 bits per heavy atom. The van der Waals surface area contributed by atoms with E-state index in [0.29, 0.717) is 24.3 Å². The molecule has 1 aliphatic heterocycles. The number of carbonyl (C=O) groups is 2. The quantitative estimate of drug-likeness (QED) is 0.707. The number of likely N-dealkylation sites (tertiary alicyclic amines) is 1. The summed E-state index contributed by atoms with van der Waals surface area (Å²) < 4.78 is 0. The Labute approximate surface area is 132 Å². The molecule has 1 saturated heterocycles. The van der Waals surface area contributed by atoms with Crippen LogP contribution in [0.1, 0.15) is 26.7 Å². The summed E-state index contributed by atoms with van der Waals surface area (Å²) in [5, 5.41) is 5.05. The van der Waals surface area contributed by atoms with Crippen molar-refractivity contribution >= 4 is 24.3 Å². The molecule has 1 heterocycles. The molecule has 0 aromatic heterocycles. The Balaban J connectivity index is 0.00000220. The number of fused-ring (bicyclic) bond motifs is 1. The summed E-state index contributed by atoms with van der Waals surface area (Å²) in [6.07, 6.45) is 2.27. The van der Waals surface area contributed by atoms with Crippen LogP contribution in [0.3, 0.4) is 0 Å². The second-order valence-corrected chi connectivity index (χ2v) is 6.51. The van der Waals surface area contributed by atoms with E-state index in [-0.39, 0.29) is 30.9 Å². The second kappa shape index (κ2) is 7.96. The topological polar surface area (TPSA) is 87.5 Å². The van der Waals surface area contributed by atoms with Gasteiger partial charge in [0.2, 0.25) is 5.91 Å². The van der Waals surface area contributed by atoms with E-state index in [4.69, 9.17) is 5.73 Å². The lowest BCUT2D eigenvalue weighted by Crippen LogP contribution is -2.45. The fraction of sp³-hybridized carbons (Fsp3) is 0.857. The molecule has 1 saturated carbocycles. The van der Waals surface area contributed by atoms with Crippen LogP contribution >= 0.6 is 12.4 Å². The van der Waals surface area contributed by atoms with Crippen molar-refractivity contribution in [3.05, 3.63) is 0 Å². The van der Waals surface area contributed by atoms with E-state index in [0.717, 1.165) is 19.5 Å². The largest absolute Gasteiger partial charge is 0.338 e. The van der Waals surface area contributed by atoms with Crippen LogP contribution in [-0.2, 0) is 4.79 Å². The minimum atomic E-state index is -0.403. The molecule has 7 heteroatoms. The molecule has 3 unspecified atom stereocenters. The number of rotatable bonds is 4. The molecule has 0 bridgehead atoms. The fourth-order valence-electron chi connectivity index (χ4n) is 3.24. The lowest BCUT2D eigenvalue weighted by atomic mass is 9.98. The third-order valence-corrected chi connectivity index (χ3v) is 4.28. The fourth-order valence-corrected chi connectivity index (χ4v) is 3.24. The molecule has 3 atom stereocenters. The highest BCUT2D eigenvalue weighted by atomic mass is 35.5. The summed E-state index contributed by atoms with van der Waals surface area (Å²) in [5.74, 6) is 1.29. The van der Waals surface area contributed by atoms with Gasteiger partial charge in [0.05, 0.1) is 6.54 Å². The standard InChI is InChI=1S/C14H26N4O2.ClH/c1-9(2)5-16-14(20)17-13(19)8-18-6-10-3-4-12(15)11(10)7-18;/h9-12H,3-8,15H2,1-2H3,(H2,16,17,19,20);1H. The highest BCUT2D eigenvalue weighted by Crippen LogP contribution is 2.36. The zero-order valence-corrected chi connectivity index (χ0v) is 13.6. The number of halogens is 1. The minimum Gasteiger partial charge on any atom is -0.338 e. The van der Waals surface area contributed by atoms with Crippen molar-refractivity contribution in [2.75, 3.05) is 26.2 Å². The van der Waals surface area contributed by atoms with Gasteiger partial charge in [-0.2, -0.15) is 0 Å². The monoisotopic (exact) mass is 318 g/mol. The van der Waals surface area contributed by atoms with Crippen LogP contribution in [0, 0.1) is 17.8 Å². The molecule has 2 rings (SSSR count). The molecule has 1 aliphatic carbocycles. The molecular weight excluding hydrogens is 292 g/mol. The number of amides is 3. The maximum Gasteiger partial charge on any atom is 0.321 e. The Kier molecular flexibility index (Phi) is 6.90. The molecule has 0 spiro atoms. The number of nitrogens with one attached hydrogen (secondary N) is 2. The molecular formula is C14H27ClN4O2. The Bertz CT molecular complexity index is 378. The summed E-state index contributed by atoms with van der Waals surface area (Å²) in [7, 11) is 0. The van der Waals surface area contributed by atoms with Crippen LogP contribution < -0.4 is 16.4 Å². The second-order valence-electron chi connectivity index (χ2n) is 6.51. The molecule has 4 N–H and O–H groups in total. The number of nitrogens with zero attached hydrogens (tertiary/aromatic N) is 1. The third kappa shape index (κ3) is 5.13. The number of nitrogens with two attached hydrogens (primary N) is 1. The van der Waals surface area contributed by atoms with Crippen LogP contribution in [0.2, 0.25) is 0 Å². The normalized spacial score (nSPS) is 28.1. The predicted molar refractivity (Wildman–Crippen MR) is 84.3 cm³/mol. The highest BCUT2D eigenvalue weighted by molar-refractivity contribution is 5.95. The first-order chi connectivity index (χ1) is 9.45. The lowest BCUT2D eigenvalue weighted by Gasteiger charge is -2.17. The first-order valence-corrected chi connectivity index (χ1v) is 7.51. The average Bonchev–Trinajstić information content (AvgIpc) is 2.89. The van der Waals surface area contributed by atoms with Gasteiger partial charge in [-0.15, -0.1) is 12.4 Å². The minimum absolute atomic E-state index is 0. The average molecular weight is 319 g/mol. The van der Waals surface area contributed by atoms with Crippen LogP contribution in [0.4, 0.5) is 4.79 Å². The van der Waals surface area contributed by atoms with Crippen LogP contribution in [0.25, 0.3) is 0 Å². The van der Waals surface area contributed by atoms with Crippen molar-refractivity contribution in [2.45, 2.75) is 32.7 Å². The summed E-state index contributed by atoms with van der Waals surface area (Å²) in [4.78, 5) is 25.4. The van der Waals surface area contributed by atoms with Crippen molar-refractivity contribution in [1.29, 1.82) is 0 Å². The van der Waals surface area contributed by atoms with Gasteiger partial charge in [0.15, 0.2) is 0 Å². The van der Waals surface area contributed by atoms with Gasteiger partial charge >= 0.3 is 6.03 Å². The molecule has 3 amide bonds. The molecule has 2 aliphatic rings. The van der Waals surface area contributed by atoms with Gasteiger partial charge in [0, 0.05) is 25.7 Å². The number of urea groups is 1. The predicted octanol–water partition coefficient (Wildman–Crippen LogP) is 0.559. The SMILES string of the molecule is CC(C)CNC(=O)NC(=O)CN1CC2CCC(N)C2C1.Cl. The van der Waals surface area contributed by atoms with Gasteiger partial charge in [-0.25, -0.2) is 4.79 Å². The zero-order chi connectivity index (χ0) is 14.7. The first-order valence-electron chi connectivity index (χ1n) is 7.51. The summed E-state index contributed by atoms with van der Waals surface area (Å²) in [5.41, 5.74) is 6.07. The van der Waals surface area contributed by atoms with Crippen molar-refractivity contribution in [3.8, 4) is 0 Å². The first kappa shape index (κ1) is 18.2. The Morgan fingerprint density at radius 1 is 1.29 bits per heavy atom. The van der Waals surface area contributed by atoms with E-state index in [1.165, 1.54) is 6.42 Å². The van der Waals surface area contributed by atoms with Crippen molar-refractivity contribution in [2.24, 2.45) is 23.5 Å². The zero-order valence-electron chi connectivity index (χ0n) is 12.8. The third-order valence-electron chi connectivity index (χ3n) is 4.28. The van der Waals surface area contributed by atoms with Gasteiger partial charge in [0.25, 0.3) is 0 Å². The Hall–Kier alpha value is -0.850. The van der Waals surface area contributed by atoms with E-state index < -0.39 is 6.03 Å². The van der Waals surface area contributed by atoms with Gasteiger partial charge in [-0.1, -0.05) is 13.8 Å².